The molecule has 106 valence electrons. The lowest BCUT2D eigenvalue weighted by molar-refractivity contribution is 0.401. The van der Waals surface area contributed by atoms with E-state index in [4.69, 9.17) is 16.3 Å². The van der Waals surface area contributed by atoms with Gasteiger partial charge in [0, 0.05) is 27.6 Å². The lowest BCUT2D eigenvalue weighted by Crippen LogP contribution is -2.19. The Morgan fingerprint density at radius 2 is 2.00 bits per heavy atom. The fourth-order valence-corrected chi connectivity index (χ4v) is 2.66. The van der Waals surface area contributed by atoms with E-state index >= 15 is 0 Å². The topological polar surface area (TPSA) is 21.3 Å². The van der Waals surface area contributed by atoms with Crippen molar-refractivity contribution in [3.05, 3.63) is 63.1 Å². The molecule has 0 bridgehead atoms. The maximum atomic E-state index is 6.03. The highest BCUT2D eigenvalue weighted by molar-refractivity contribution is 9.10. The van der Waals surface area contributed by atoms with Crippen molar-refractivity contribution in [3.8, 4) is 5.75 Å². The summed E-state index contributed by atoms with van der Waals surface area (Å²) in [6.45, 7) is 2.86. The standard InChI is InChI=1S/C16H17BrClNO/c1-11(14-5-3-4-6-16(14)20-2)19-10-12-9-13(18)7-8-15(12)17/h3-9,11,19H,10H2,1-2H3/t11-/m1/s1. The van der Waals surface area contributed by atoms with Crippen molar-refractivity contribution < 1.29 is 4.74 Å². The van der Waals surface area contributed by atoms with Gasteiger partial charge in [-0.3, -0.25) is 0 Å². The molecule has 2 rings (SSSR count). The van der Waals surface area contributed by atoms with E-state index in [1.165, 1.54) is 0 Å². The maximum absolute atomic E-state index is 6.03. The van der Waals surface area contributed by atoms with Crippen LogP contribution in [0.4, 0.5) is 0 Å². The molecule has 1 N–H and O–H groups in total. The van der Waals surface area contributed by atoms with Gasteiger partial charge in [0.15, 0.2) is 0 Å². The molecular weight excluding hydrogens is 338 g/mol. The summed E-state index contributed by atoms with van der Waals surface area (Å²) in [5, 5.41) is 4.23. The maximum Gasteiger partial charge on any atom is 0.123 e. The van der Waals surface area contributed by atoms with Crippen LogP contribution in [0.25, 0.3) is 0 Å². The molecule has 0 radical (unpaired) electrons. The molecule has 1 atom stereocenters. The van der Waals surface area contributed by atoms with Crippen molar-refractivity contribution in [2.75, 3.05) is 7.11 Å². The normalized spacial score (nSPS) is 12.2. The lowest BCUT2D eigenvalue weighted by Gasteiger charge is -2.17. The summed E-state index contributed by atoms with van der Waals surface area (Å²) in [4.78, 5) is 0. The monoisotopic (exact) mass is 353 g/mol. The summed E-state index contributed by atoms with van der Waals surface area (Å²) < 4.78 is 6.45. The van der Waals surface area contributed by atoms with Crippen LogP contribution in [-0.2, 0) is 6.54 Å². The van der Waals surface area contributed by atoms with Gasteiger partial charge in [-0.25, -0.2) is 0 Å². The zero-order valence-electron chi connectivity index (χ0n) is 11.5. The number of hydrogen-bond donors (Lipinski definition) is 1. The molecule has 0 aliphatic rings. The minimum atomic E-state index is 0.192. The van der Waals surface area contributed by atoms with Gasteiger partial charge in [0.05, 0.1) is 7.11 Å². The first-order chi connectivity index (χ1) is 9.61. The molecule has 4 heteroatoms. The number of nitrogens with one attached hydrogen (secondary N) is 1. The van der Waals surface area contributed by atoms with Gasteiger partial charge in [-0.1, -0.05) is 45.7 Å². The smallest absolute Gasteiger partial charge is 0.123 e. The molecule has 2 aromatic carbocycles. The highest BCUT2D eigenvalue weighted by atomic mass is 79.9. The Bertz CT molecular complexity index is 588. The highest BCUT2D eigenvalue weighted by Gasteiger charge is 2.11. The molecule has 0 aliphatic heterocycles. The zero-order valence-corrected chi connectivity index (χ0v) is 13.8. The van der Waals surface area contributed by atoms with E-state index in [1.54, 1.807) is 7.11 Å². The Morgan fingerprint density at radius 3 is 2.75 bits per heavy atom. The summed E-state index contributed by atoms with van der Waals surface area (Å²) in [5.74, 6) is 0.901. The number of benzene rings is 2. The summed E-state index contributed by atoms with van der Waals surface area (Å²) in [5.41, 5.74) is 2.28. The first kappa shape index (κ1) is 15.4. The molecule has 0 fully saturated rings. The third kappa shape index (κ3) is 3.75. The minimum Gasteiger partial charge on any atom is -0.496 e. The van der Waals surface area contributed by atoms with Crippen LogP contribution in [0, 0.1) is 0 Å². The summed E-state index contributed by atoms with van der Waals surface area (Å²) in [6.07, 6.45) is 0. The van der Waals surface area contributed by atoms with Gasteiger partial charge in [-0.15, -0.1) is 0 Å². The van der Waals surface area contributed by atoms with E-state index in [9.17, 15) is 0 Å². The second kappa shape index (κ2) is 7.11. The Hall–Kier alpha value is -1.03. The minimum absolute atomic E-state index is 0.192. The molecular formula is C16H17BrClNO. The summed E-state index contributed by atoms with van der Waals surface area (Å²) in [7, 11) is 1.69. The largest absolute Gasteiger partial charge is 0.496 e. The summed E-state index contributed by atoms with van der Waals surface area (Å²) >= 11 is 9.57. The van der Waals surface area contributed by atoms with E-state index in [-0.39, 0.29) is 6.04 Å². The van der Waals surface area contributed by atoms with Crippen LogP contribution in [0.5, 0.6) is 5.75 Å². The predicted octanol–water partition coefficient (Wildman–Crippen LogP) is 4.96. The van der Waals surface area contributed by atoms with E-state index in [2.05, 4.69) is 34.2 Å². The van der Waals surface area contributed by atoms with Crippen molar-refractivity contribution >= 4 is 27.5 Å². The van der Waals surface area contributed by atoms with Gasteiger partial charge >= 0.3 is 0 Å². The number of halogens is 2. The molecule has 20 heavy (non-hydrogen) atoms. The zero-order chi connectivity index (χ0) is 14.5. The highest BCUT2D eigenvalue weighted by Crippen LogP contribution is 2.26. The molecule has 2 nitrogen and oxygen atoms in total. The Labute approximate surface area is 133 Å². The molecule has 0 aromatic heterocycles. The quantitative estimate of drug-likeness (QED) is 0.819. The summed E-state index contributed by atoms with van der Waals surface area (Å²) in [6, 6.07) is 14.0. The average Bonchev–Trinajstić information content (AvgIpc) is 2.47. The van der Waals surface area contributed by atoms with Gasteiger partial charge in [0.1, 0.15) is 5.75 Å². The van der Waals surface area contributed by atoms with Crippen LogP contribution in [0.1, 0.15) is 24.1 Å². The van der Waals surface area contributed by atoms with Gasteiger partial charge in [0.25, 0.3) is 0 Å². The van der Waals surface area contributed by atoms with Crippen molar-refractivity contribution in [1.29, 1.82) is 0 Å². The van der Waals surface area contributed by atoms with Gasteiger partial charge in [0.2, 0.25) is 0 Å². The van der Waals surface area contributed by atoms with Gasteiger partial charge in [-0.2, -0.15) is 0 Å². The van der Waals surface area contributed by atoms with Gasteiger partial charge in [-0.05, 0) is 36.8 Å². The SMILES string of the molecule is COc1ccccc1[C@@H](C)NCc1cc(Cl)ccc1Br. The Morgan fingerprint density at radius 1 is 1.25 bits per heavy atom. The molecule has 0 spiro atoms. The Balaban J connectivity index is 2.08. The lowest BCUT2D eigenvalue weighted by atomic mass is 10.1. The second-order valence-electron chi connectivity index (χ2n) is 4.58. The molecule has 2 aromatic rings. The second-order valence-corrected chi connectivity index (χ2v) is 5.87. The van der Waals surface area contributed by atoms with Crippen LogP contribution in [0.15, 0.2) is 46.9 Å². The third-order valence-corrected chi connectivity index (χ3v) is 4.22. The van der Waals surface area contributed by atoms with Crippen molar-refractivity contribution in [1.82, 2.24) is 5.32 Å². The molecule has 0 amide bonds. The molecule has 0 saturated carbocycles. The molecule has 0 aliphatic carbocycles. The van der Waals surface area contributed by atoms with E-state index in [0.29, 0.717) is 0 Å². The van der Waals surface area contributed by atoms with Crippen molar-refractivity contribution in [3.63, 3.8) is 0 Å². The first-order valence-corrected chi connectivity index (χ1v) is 7.59. The van der Waals surface area contributed by atoms with Crippen LogP contribution < -0.4 is 10.1 Å². The third-order valence-electron chi connectivity index (χ3n) is 3.21. The number of methoxy groups -OCH3 is 1. The van der Waals surface area contributed by atoms with E-state index in [0.717, 1.165) is 32.9 Å². The molecule has 0 unspecified atom stereocenters. The van der Waals surface area contributed by atoms with E-state index < -0.39 is 0 Å². The van der Waals surface area contributed by atoms with Crippen molar-refractivity contribution in [2.45, 2.75) is 19.5 Å². The van der Waals surface area contributed by atoms with Crippen LogP contribution in [0.2, 0.25) is 5.02 Å². The fourth-order valence-electron chi connectivity index (χ4n) is 2.08. The van der Waals surface area contributed by atoms with Crippen molar-refractivity contribution in [2.24, 2.45) is 0 Å². The van der Waals surface area contributed by atoms with Crippen LogP contribution in [-0.4, -0.2) is 7.11 Å². The number of hydrogen-bond acceptors (Lipinski definition) is 2. The fraction of sp³-hybridized carbons (Fsp3) is 0.250. The van der Waals surface area contributed by atoms with Crippen LogP contribution >= 0.6 is 27.5 Å². The number of para-hydroxylation sites is 1. The predicted molar refractivity (Wildman–Crippen MR) is 87.4 cm³/mol. The number of ether oxygens (including phenoxy) is 1. The first-order valence-electron chi connectivity index (χ1n) is 6.42. The average molecular weight is 355 g/mol. The molecule has 0 saturated heterocycles. The van der Waals surface area contributed by atoms with Gasteiger partial charge < -0.3 is 10.1 Å². The Kier molecular flexibility index (Phi) is 5.46. The number of rotatable bonds is 5. The van der Waals surface area contributed by atoms with E-state index in [1.807, 2.05) is 36.4 Å². The van der Waals surface area contributed by atoms with Crippen LogP contribution in [0.3, 0.4) is 0 Å². The molecule has 0 heterocycles.